The molecule has 0 aliphatic rings. The first-order valence-corrected chi connectivity index (χ1v) is 5.37. The van der Waals surface area contributed by atoms with Crippen molar-refractivity contribution in [1.82, 2.24) is 0 Å². The number of ketones is 1. The molecule has 0 aliphatic heterocycles. The fourth-order valence-corrected chi connectivity index (χ4v) is 2.14. The third-order valence-corrected chi connectivity index (χ3v) is 2.90. The van der Waals surface area contributed by atoms with Crippen LogP contribution in [0.1, 0.15) is 10.4 Å². The van der Waals surface area contributed by atoms with Crippen molar-refractivity contribution in [1.29, 1.82) is 0 Å². The van der Waals surface area contributed by atoms with Crippen molar-refractivity contribution in [2.24, 2.45) is 0 Å². The van der Waals surface area contributed by atoms with Gasteiger partial charge in [-0.1, -0.05) is 0 Å². The Morgan fingerprint density at radius 2 is 1.74 bits per heavy atom. The standard InChI is InChI=1S/C13H8O6/c1-17-11-7-3-5-18-10(7)8(9(14)13(15)16)6-2-4-19-12(6)11/h2-5H,1H3,(H,15,16). The number of fused-ring (bicyclic) bond motifs is 2. The van der Waals surface area contributed by atoms with Crippen molar-refractivity contribution in [2.75, 3.05) is 7.11 Å². The van der Waals surface area contributed by atoms with Gasteiger partial charge in [-0.2, -0.15) is 0 Å². The maximum Gasteiger partial charge on any atom is 0.377 e. The SMILES string of the molecule is COc1c2ccoc2c(C(=O)C(=O)O)c2ccoc12. The Bertz CT molecular complexity index is 755. The molecule has 19 heavy (non-hydrogen) atoms. The van der Waals surface area contributed by atoms with Gasteiger partial charge in [-0.3, -0.25) is 4.79 Å². The topological polar surface area (TPSA) is 89.9 Å². The Hall–Kier alpha value is -2.76. The number of aliphatic carboxylic acids is 1. The van der Waals surface area contributed by atoms with Crippen LogP contribution < -0.4 is 4.74 Å². The molecule has 0 saturated heterocycles. The van der Waals surface area contributed by atoms with Crippen LogP contribution in [0.4, 0.5) is 0 Å². The van der Waals surface area contributed by atoms with Crippen LogP contribution in [-0.4, -0.2) is 24.0 Å². The summed E-state index contributed by atoms with van der Waals surface area (Å²) in [6.07, 6.45) is 2.73. The molecule has 1 N–H and O–H groups in total. The summed E-state index contributed by atoms with van der Waals surface area (Å²) in [5.74, 6) is -2.19. The Balaban J connectivity index is 2.53. The van der Waals surface area contributed by atoms with E-state index in [9.17, 15) is 9.59 Å². The zero-order chi connectivity index (χ0) is 13.6. The molecule has 3 aromatic rings. The maximum atomic E-state index is 11.8. The minimum atomic E-state index is -1.55. The molecule has 96 valence electrons. The van der Waals surface area contributed by atoms with Crippen molar-refractivity contribution in [2.45, 2.75) is 0 Å². The van der Waals surface area contributed by atoms with Crippen LogP contribution in [0.3, 0.4) is 0 Å². The summed E-state index contributed by atoms with van der Waals surface area (Å²) >= 11 is 0. The third kappa shape index (κ3) is 1.43. The highest BCUT2D eigenvalue weighted by atomic mass is 16.5. The average molecular weight is 260 g/mol. The molecule has 2 heterocycles. The van der Waals surface area contributed by atoms with E-state index in [0.717, 1.165) is 0 Å². The van der Waals surface area contributed by atoms with Gasteiger partial charge in [0.2, 0.25) is 0 Å². The largest absolute Gasteiger partial charge is 0.492 e. The van der Waals surface area contributed by atoms with Crippen LogP contribution >= 0.6 is 0 Å². The van der Waals surface area contributed by atoms with Gasteiger partial charge in [-0.25, -0.2) is 4.79 Å². The number of carboxylic acid groups (broad SMARTS) is 1. The molecule has 0 radical (unpaired) electrons. The first kappa shape index (κ1) is 11.3. The molecule has 0 atom stereocenters. The average Bonchev–Trinajstić information content (AvgIpc) is 3.02. The number of furan rings is 2. The molecule has 6 nitrogen and oxygen atoms in total. The molecule has 1 aromatic carbocycles. The van der Waals surface area contributed by atoms with Crippen LogP contribution in [0, 0.1) is 0 Å². The molecule has 3 rings (SSSR count). The van der Waals surface area contributed by atoms with Crippen molar-refractivity contribution in [3.63, 3.8) is 0 Å². The smallest absolute Gasteiger partial charge is 0.377 e. The number of hydrogen-bond acceptors (Lipinski definition) is 5. The van der Waals surface area contributed by atoms with E-state index in [-0.39, 0.29) is 11.1 Å². The van der Waals surface area contributed by atoms with Crippen molar-refractivity contribution >= 4 is 33.7 Å². The van der Waals surface area contributed by atoms with Crippen LogP contribution in [-0.2, 0) is 4.79 Å². The molecule has 0 unspecified atom stereocenters. The quantitative estimate of drug-likeness (QED) is 0.574. The summed E-state index contributed by atoms with van der Waals surface area (Å²) in [6.45, 7) is 0. The van der Waals surface area contributed by atoms with Gasteiger partial charge in [-0.15, -0.1) is 0 Å². The van der Waals surface area contributed by atoms with Crippen molar-refractivity contribution in [3.05, 3.63) is 30.2 Å². The zero-order valence-electron chi connectivity index (χ0n) is 9.80. The first-order chi connectivity index (χ1) is 9.15. The summed E-state index contributed by atoms with van der Waals surface area (Å²) in [6, 6.07) is 3.10. The highest BCUT2D eigenvalue weighted by Crippen LogP contribution is 2.39. The van der Waals surface area contributed by atoms with Crippen molar-refractivity contribution < 1.29 is 28.3 Å². The van der Waals surface area contributed by atoms with E-state index in [0.29, 0.717) is 22.1 Å². The van der Waals surface area contributed by atoms with Crippen LogP contribution in [0.2, 0.25) is 0 Å². The summed E-state index contributed by atoms with van der Waals surface area (Å²) < 4.78 is 15.8. The molecule has 2 aromatic heterocycles. The minimum Gasteiger partial charge on any atom is -0.492 e. The lowest BCUT2D eigenvalue weighted by atomic mass is 10.0. The number of methoxy groups -OCH3 is 1. The van der Waals surface area contributed by atoms with Gasteiger partial charge in [0.15, 0.2) is 11.3 Å². The van der Waals surface area contributed by atoms with E-state index in [1.165, 1.54) is 25.7 Å². The summed E-state index contributed by atoms with van der Waals surface area (Å²) in [5.41, 5.74) is 0.469. The number of Topliss-reactive ketones (excluding diaryl/α,β-unsaturated/α-hetero) is 1. The Morgan fingerprint density at radius 3 is 2.37 bits per heavy atom. The third-order valence-electron chi connectivity index (χ3n) is 2.90. The second kappa shape index (κ2) is 3.88. The van der Waals surface area contributed by atoms with E-state index in [4.69, 9.17) is 18.7 Å². The Morgan fingerprint density at radius 1 is 1.11 bits per heavy atom. The highest BCUT2D eigenvalue weighted by Gasteiger charge is 2.27. The highest BCUT2D eigenvalue weighted by molar-refractivity contribution is 6.44. The molecule has 0 fully saturated rings. The van der Waals surface area contributed by atoms with Gasteiger partial charge in [0.05, 0.1) is 30.6 Å². The second-order valence-corrected chi connectivity index (χ2v) is 3.87. The summed E-state index contributed by atoms with van der Waals surface area (Å²) in [5, 5.41) is 9.75. The molecular formula is C13H8O6. The fraction of sp³-hybridized carbons (Fsp3) is 0.0769. The number of carboxylic acids is 1. The number of hydrogen-bond donors (Lipinski definition) is 1. The number of rotatable bonds is 3. The lowest BCUT2D eigenvalue weighted by Gasteiger charge is -2.06. The molecule has 0 spiro atoms. The van der Waals surface area contributed by atoms with Gasteiger partial charge in [0.25, 0.3) is 5.78 Å². The van der Waals surface area contributed by atoms with Gasteiger partial charge >= 0.3 is 5.97 Å². The summed E-state index contributed by atoms with van der Waals surface area (Å²) in [7, 11) is 1.46. The van der Waals surface area contributed by atoms with Crippen LogP contribution in [0.5, 0.6) is 5.75 Å². The monoisotopic (exact) mass is 260 g/mol. The van der Waals surface area contributed by atoms with E-state index in [1.54, 1.807) is 6.07 Å². The molecule has 0 amide bonds. The molecule has 0 aliphatic carbocycles. The predicted octanol–water partition coefficient (Wildman–Crippen LogP) is 2.45. The number of carbonyl (C=O) groups is 2. The molecule has 0 saturated carbocycles. The number of benzene rings is 1. The summed E-state index contributed by atoms with van der Waals surface area (Å²) in [4.78, 5) is 22.8. The van der Waals surface area contributed by atoms with E-state index in [2.05, 4.69) is 0 Å². The Labute approximate surface area is 106 Å². The zero-order valence-corrected chi connectivity index (χ0v) is 9.80. The van der Waals surface area contributed by atoms with Gasteiger partial charge in [0, 0.05) is 5.39 Å². The first-order valence-electron chi connectivity index (χ1n) is 5.37. The van der Waals surface area contributed by atoms with Crippen molar-refractivity contribution in [3.8, 4) is 5.75 Å². The van der Waals surface area contributed by atoms with E-state index in [1.807, 2.05) is 0 Å². The predicted molar refractivity (Wildman–Crippen MR) is 64.5 cm³/mol. The second-order valence-electron chi connectivity index (χ2n) is 3.87. The number of ether oxygens (including phenoxy) is 1. The van der Waals surface area contributed by atoms with Crippen LogP contribution in [0.25, 0.3) is 21.9 Å². The number of carbonyl (C=O) groups excluding carboxylic acids is 1. The minimum absolute atomic E-state index is 0.0305. The molecule has 0 bridgehead atoms. The van der Waals surface area contributed by atoms with E-state index >= 15 is 0 Å². The maximum absolute atomic E-state index is 11.8. The van der Waals surface area contributed by atoms with Gasteiger partial charge in [-0.05, 0) is 12.1 Å². The molecular weight excluding hydrogens is 252 g/mol. The van der Waals surface area contributed by atoms with Crippen LogP contribution in [0.15, 0.2) is 33.5 Å². The van der Waals surface area contributed by atoms with E-state index < -0.39 is 11.8 Å². The lowest BCUT2D eigenvalue weighted by molar-refractivity contribution is -0.131. The van der Waals surface area contributed by atoms with Gasteiger partial charge < -0.3 is 18.7 Å². The normalized spacial score (nSPS) is 11.0. The molecule has 6 heteroatoms. The lowest BCUT2D eigenvalue weighted by Crippen LogP contribution is -2.13. The fourth-order valence-electron chi connectivity index (χ4n) is 2.14. The Kier molecular flexibility index (Phi) is 2.31. The van der Waals surface area contributed by atoms with Gasteiger partial charge in [0.1, 0.15) is 5.58 Å².